The van der Waals surface area contributed by atoms with Crippen LogP contribution in [0.3, 0.4) is 0 Å². The molecule has 2 aliphatic heterocycles. The fourth-order valence-corrected chi connectivity index (χ4v) is 5.77. The molecule has 330 valence electrons. The third-order valence-corrected chi connectivity index (χ3v) is 9.21. The quantitative estimate of drug-likeness (QED) is 0.0342. The van der Waals surface area contributed by atoms with Crippen LogP contribution in [0.2, 0.25) is 0 Å². The normalized spacial score (nSPS) is 28.8. The maximum atomic E-state index is 12.8. The Hall–Kier alpha value is -3.06. The van der Waals surface area contributed by atoms with E-state index in [2.05, 4.69) is 61.6 Å². The molecule has 0 saturated carbocycles. The van der Waals surface area contributed by atoms with Gasteiger partial charge in [0.1, 0.15) is 55.4 Å². The fraction of sp³-hybridized carbons (Fsp3) is 0.674. The van der Waals surface area contributed by atoms with Gasteiger partial charge in [-0.3, -0.25) is 9.59 Å². The van der Waals surface area contributed by atoms with E-state index < -0.39 is 99.3 Å². The van der Waals surface area contributed by atoms with Gasteiger partial charge in [-0.05, 0) is 51.4 Å². The van der Waals surface area contributed by atoms with Crippen molar-refractivity contribution in [3.8, 4) is 0 Å². The lowest BCUT2D eigenvalue weighted by molar-refractivity contribution is -0.332. The molecule has 2 saturated heterocycles. The topological polar surface area (TPSA) is 231 Å². The van der Waals surface area contributed by atoms with Gasteiger partial charge in [0.2, 0.25) is 0 Å². The number of unbranched alkanes of at least 4 members (excludes halogenated alkanes) is 2. The summed E-state index contributed by atoms with van der Waals surface area (Å²) in [5.41, 5.74) is 0. The summed E-state index contributed by atoms with van der Waals surface area (Å²) in [4.78, 5) is 25.1. The Balaban J connectivity index is 1.84. The Morgan fingerprint density at radius 1 is 0.569 bits per heavy atom. The molecule has 0 spiro atoms. The summed E-state index contributed by atoms with van der Waals surface area (Å²) in [7, 11) is 0. The number of carbonyl (C=O) groups is 2. The monoisotopic (exact) mass is 824 g/mol. The number of aliphatic hydroxyl groups excluding tert-OH is 7. The average Bonchev–Trinajstić information content (AvgIpc) is 3.21. The molecule has 2 heterocycles. The number of rotatable bonds is 28. The maximum Gasteiger partial charge on any atom is 0.306 e. The lowest BCUT2D eigenvalue weighted by Gasteiger charge is -2.42. The molecular formula is C43H68O15. The summed E-state index contributed by atoms with van der Waals surface area (Å²) in [6.45, 7) is 2.14. The van der Waals surface area contributed by atoms with Crippen LogP contribution in [-0.4, -0.2) is 142 Å². The van der Waals surface area contributed by atoms with Gasteiger partial charge in [-0.25, -0.2) is 0 Å². The molecule has 11 atom stereocenters. The summed E-state index contributed by atoms with van der Waals surface area (Å²) in [5, 5.41) is 71.4. The van der Waals surface area contributed by atoms with Crippen molar-refractivity contribution >= 4 is 11.9 Å². The predicted molar refractivity (Wildman–Crippen MR) is 215 cm³/mol. The molecule has 0 aromatic rings. The van der Waals surface area contributed by atoms with Crippen LogP contribution in [-0.2, 0) is 38.0 Å². The molecule has 2 aliphatic rings. The van der Waals surface area contributed by atoms with Crippen molar-refractivity contribution in [1.82, 2.24) is 0 Å². The van der Waals surface area contributed by atoms with Crippen molar-refractivity contribution in [1.29, 1.82) is 0 Å². The van der Waals surface area contributed by atoms with Crippen molar-refractivity contribution in [2.24, 2.45) is 0 Å². The summed E-state index contributed by atoms with van der Waals surface area (Å²) in [5.74, 6) is -1.06. The van der Waals surface area contributed by atoms with Crippen LogP contribution in [0.1, 0.15) is 90.9 Å². The number of carbonyl (C=O) groups excluding carboxylic acids is 2. The molecular weight excluding hydrogens is 756 g/mol. The molecule has 0 bridgehead atoms. The number of ether oxygens (including phenoxy) is 6. The number of hydrogen-bond acceptors (Lipinski definition) is 15. The van der Waals surface area contributed by atoms with Gasteiger partial charge in [0.05, 0.1) is 19.8 Å². The first-order valence-electron chi connectivity index (χ1n) is 20.5. The predicted octanol–water partition coefficient (Wildman–Crippen LogP) is 3.14. The summed E-state index contributed by atoms with van der Waals surface area (Å²) in [6, 6.07) is 0. The van der Waals surface area contributed by atoms with E-state index in [0.29, 0.717) is 19.3 Å². The molecule has 11 unspecified atom stereocenters. The summed E-state index contributed by atoms with van der Waals surface area (Å²) in [6.07, 6.45) is 16.5. The van der Waals surface area contributed by atoms with Crippen molar-refractivity contribution < 1.29 is 73.8 Å². The zero-order valence-electron chi connectivity index (χ0n) is 34.0. The molecule has 0 amide bonds. The van der Waals surface area contributed by atoms with Gasteiger partial charge in [-0.2, -0.15) is 0 Å². The maximum absolute atomic E-state index is 12.8. The Morgan fingerprint density at radius 2 is 1.07 bits per heavy atom. The van der Waals surface area contributed by atoms with Crippen LogP contribution in [0.25, 0.3) is 0 Å². The molecule has 15 heteroatoms. The largest absolute Gasteiger partial charge is 0.462 e. The molecule has 15 nitrogen and oxygen atoms in total. The van der Waals surface area contributed by atoms with Crippen LogP contribution in [0.5, 0.6) is 0 Å². The van der Waals surface area contributed by atoms with Crippen molar-refractivity contribution in [3.05, 3.63) is 72.9 Å². The molecule has 0 radical (unpaired) electrons. The lowest BCUT2D eigenvalue weighted by atomic mass is 9.98. The second-order valence-electron chi connectivity index (χ2n) is 14.1. The number of esters is 2. The number of allylic oxidation sites excluding steroid dienone is 12. The summed E-state index contributed by atoms with van der Waals surface area (Å²) < 4.78 is 33.0. The van der Waals surface area contributed by atoms with E-state index in [1.54, 1.807) is 0 Å². The third kappa shape index (κ3) is 20.3. The minimum atomic E-state index is -1.78. The van der Waals surface area contributed by atoms with Crippen LogP contribution in [0.4, 0.5) is 0 Å². The third-order valence-electron chi connectivity index (χ3n) is 9.21. The zero-order valence-corrected chi connectivity index (χ0v) is 34.0. The van der Waals surface area contributed by atoms with Crippen molar-refractivity contribution in [2.45, 2.75) is 158 Å². The molecule has 2 rings (SSSR count). The van der Waals surface area contributed by atoms with E-state index in [1.807, 2.05) is 25.2 Å². The fourth-order valence-electron chi connectivity index (χ4n) is 5.77. The van der Waals surface area contributed by atoms with Gasteiger partial charge in [0.15, 0.2) is 18.7 Å². The van der Waals surface area contributed by atoms with E-state index in [-0.39, 0.29) is 19.4 Å². The number of hydrogen-bond donors (Lipinski definition) is 7. The Kier molecular flexibility index (Phi) is 27.2. The molecule has 0 aromatic carbocycles. The van der Waals surface area contributed by atoms with Gasteiger partial charge in [0.25, 0.3) is 0 Å². The molecule has 0 aliphatic carbocycles. The van der Waals surface area contributed by atoms with Gasteiger partial charge in [-0.1, -0.05) is 99.6 Å². The average molecular weight is 825 g/mol. The molecule has 0 aromatic heterocycles. The highest BCUT2D eigenvalue weighted by Gasteiger charge is 2.47. The van der Waals surface area contributed by atoms with E-state index in [4.69, 9.17) is 28.4 Å². The Labute approximate surface area is 342 Å². The highest BCUT2D eigenvalue weighted by atomic mass is 16.7. The minimum absolute atomic E-state index is 0.0357. The molecule has 7 N–H and O–H groups in total. The molecule has 58 heavy (non-hydrogen) atoms. The highest BCUT2D eigenvalue weighted by molar-refractivity contribution is 5.70. The molecule has 2 fully saturated rings. The SMILES string of the molecule is CC/C=C\C/C=C\C/C=C\C/C=C\C/C=C\C/C=C\CCC(=O)OC(COC(=O)CCCCC)COC1OC(COC2OC(CO)C(O)C(O)C2O)C(O)C(O)C1O. The smallest absolute Gasteiger partial charge is 0.306 e. The van der Waals surface area contributed by atoms with Gasteiger partial charge in [0, 0.05) is 12.8 Å². The first-order valence-corrected chi connectivity index (χ1v) is 20.5. The standard InChI is InChI=1S/C43H68O15/c1-3-5-7-8-9-10-11-12-13-14-15-16-17-18-19-20-21-22-24-26-35(46)56-31(28-53-34(45)25-23-6-4-2)29-54-42-41(52)39(50)37(48)33(58-42)30-55-43-40(51)38(49)36(47)32(27-44)57-43/h5,7,9-10,12-13,15-16,18-19,21-22,31-33,36-44,47-52H,3-4,6,8,11,14,17,20,23-30H2,1-2H3/b7-5-,10-9-,13-12-,16-15-,19-18-,22-21-. The second-order valence-corrected chi connectivity index (χ2v) is 14.1. The van der Waals surface area contributed by atoms with E-state index in [9.17, 15) is 45.3 Å². The van der Waals surface area contributed by atoms with Gasteiger partial charge < -0.3 is 64.2 Å². The van der Waals surface area contributed by atoms with E-state index in [1.165, 1.54) is 0 Å². The second kappa shape index (κ2) is 30.9. The van der Waals surface area contributed by atoms with Crippen LogP contribution >= 0.6 is 0 Å². The van der Waals surface area contributed by atoms with Crippen LogP contribution < -0.4 is 0 Å². The lowest BCUT2D eigenvalue weighted by Crippen LogP contribution is -2.61. The van der Waals surface area contributed by atoms with Crippen molar-refractivity contribution in [3.63, 3.8) is 0 Å². The van der Waals surface area contributed by atoms with Crippen LogP contribution in [0.15, 0.2) is 72.9 Å². The first kappa shape index (κ1) is 51.1. The number of aliphatic hydroxyl groups is 7. The van der Waals surface area contributed by atoms with E-state index >= 15 is 0 Å². The van der Waals surface area contributed by atoms with Crippen LogP contribution in [0, 0.1) is 0 Å². The van der Waals surface area contributed by atoms with Crippen molar-refractivity contribution in [2.75, 3.05) is 26.4 Å². The van der Waals surface area contributed by atoms with Gasteiger partial charge in [-0.15, -0.1) is 0 Å². The Morgan fingerprint density at radius 3 is 1.60 bits per heavy atom. The van der Waals surface area contributed by atoms with Gasteiger partial charge >= 0.3 is 11.9 Å². The zero-order chi connectivity index (χ0) is 42.5. The van der Waals surface area contributed by atoms with E-state index in [0.717, 1.165) is 44.9 Å². The minimum Gasteiger partial charge on any atom is -0.462 e. The highest BCUT2D eigenvalue weighted by Crippen LogP contribution is 2.26. The first-order chi connectivity index (χ1) is 28.0. The summed E-state index contributed by atoms with van der Waals surface area (Å²) >= 11 is 0. The Bertz CT molecular complexity index is 1290.